The number of nitrogens with one attached hydrogen (secondary N) is 1. The van der Waals surface area contributed by atoms with Crippen molar-refractivity contribution < 1.29 is 4.74 Å². The number of hydrogen-bond donors (Lipinski definition) is 1. The van der Waals surface area contributed by atoms with E-state index < -0.39 is 0 Å². The minimum atomic E-state index is 0.407. The van der Waals surface area contributed by atoms with E-state index in [9.17, 15) is 0 Å². The second-order valence-electron chi connectivity index (χ2n) is 4.62. The SMILES string of the molecule is Cc1cc(CO[C@H]2CCN[C@@H](C)C2)ccn1. The van der Waals surface area contributed by atoms with Crippen LogP contribution in [0.4, 0.5) is 0 Å². The topological polar surface area (TPSA) is 34.1 Å². The maximum Gasteiger partial charge on any atom is 0.0721 e. The van der Waals surface area contributed by atoms with Gasteiger partial charge in [-0.15, -0.1) is 0 Å². The normalized spacial score (nSPS) is 25.6. The Labute approximate surface area is 97.2 Å². The Balaban J connectivity index is 1.82. The van der Waals surface area contributed by atoms with Gasteiger partial charge in [0.2, 0.25) is 0 Å². The van der Waals surface area contributed by atoms with E-state index in [2.05, 4.69) is 23.3 Å². The van der Waals surface area contributed by atoms with Crippen molar-refractivity contribution >= 4 is 0 Å². The Kier molecular flexibility index (Phi) is 3.91. The Bertz CT molecular complexity index is 340. The Hall–Kier alpha value is -0.930. The molecule has 0 amide bonds. The van der Waals surface area contributed by atoms with Crippen LogP contribution in [0, 0.1) is 6.92 Å². The molecule has 0 radical (unpaired) electrons. The van der Waals surface area contributed by atoms with Gasteiger partial charge in [-0.05, 0) is 50.9 Å². The largest absolute Gasteiger partial charge is 0.373 e. The van der Waals surface area contributed by atoms with E-state index in [1.165, 1.54) is 5.56 Å². The molecule has 2 heterocycles. The summed E-state index contributed by atoms with van der Waals surface area (Å²) in [6, 6.07) is 4.69. The molecule has 2 atom stereocenters. The average Bonchev–Trinajstić information content (AvgIpc) is 2.27. The minimum absolute atomic E-state index is 0.407. The van der Waals surface area contributed by atoms with Crippen molar-refractivity contribution in [2.45, 2.75) is 45.4 Å². The summed E-state index contributed by atoms with van der Waals surface area (Å²) in [4.78, 5) is 4.18. The molecule has 1 aromatic heterocycles. The van der Waals surface area contributed by atoms with Crippen LogP contribution in [0.2, 0.25) is 0 Å². The van der Waals surface area contributed by atoms with Gasteiger partial charge < -0.3 is 10.1 Å². The first-order valence-corrected chi connectivity index (χ1v) is 6.00. The molecule has 1 aliphatic rings. The third-order valence-electron chi connectivity index (χ3n) is 3.02. The monoisotopic (exact) mass is 220 g/mol. The summed E-state index contributed by atoms with van der Waals surface area (Å²) in [6.07, 6.45) is 4.49. The molecule has 1 aliphatic heterocycles. The highest BCUT2D eigenvalue weighted by Gasteiger charge is 2.18. The van der Waals surface area contributed by atoms with Gasteiger partial charge >= 0.3 is 0 Å². The van der Waals surface area contributed by atoms with Crippen LogP contribution in [-0.4, -0.2) is 23.7 Å². The summed E-state index contributed by atoms with van der Waals surface area (Å²) in [7, 11) is 0. The predicted octanol–water partition coefficient (Wildman–Crippen LogP) is 2.05. The summed E-state index contributed by atoms with van der Waals surface area (Å²) in [5.74, 6) is 0. The van der Waals surface area contributed by atoms with Crippen LogP contribution in [0.3, 0.4) is 0 Å². The first kappa shape index (κ1) is 11.6. The van der Waals surface area contributed by atoms with Crippen molar-refractivity contribution in [2.24, 2.45) is 0 Å². The first-order valence-electron chi connectivity index (χ1n) is 6.00. The van der Waals surface area contributed by atoms with Gasteiger partial charge in [0.05, 0.1) is 12.7 Å². The molecule has 3 heteroatoms. The van der Waals surface area contributed by atoms with Crippen LogP contribution in [0.1, 0.15) is 31.0 Å². The molecule has 3 nitrogen and oxygen atoms in total. The van der Waals surface area contributed by atoms with Gasteiger partial charge in [0.25, 0.3) is 0 Å². The van der Waals surface area contributed by atoms with Crippen molar-refractivity contribution in [2.75, 3.05) is 6.54 Å². The predicted molar refractivity (Wildman–Crippen MR) is 64.2 cm³/mol. The van der Waals surface area contributed by atoms with E-state index >= 15 is 0 Å². The standard InChI is InChI=1S/C13H20N2O/c1-10-7-12(3-5-14-10)9-16-13-4-6-15-11(2)8-13/h3,5,7,11,13,15H,4,6,8-9H2,1-2H3/t11-,13-/m0/s1. The van der Waals surface area contributed by atoms with E-state index in [1.807, 2.05) is 19.2 Å². The molecule has 0 bridgehead atoms. The number of nitrogens with zero attached hydrogens (tertiary/aromatic N) is 1. The number of aryl methyl sites for hydroxylation is 1. The summed E-state index contributed by atoms with van der Waals surface area (Å²) in [5, 5.41) is 3.43. The molecule has 2 rings (SSSR count). The lowest BCUT2D eigenvalue weighted by molar-refractivity contribution is 0.0126. The first-order chi connectivity index (χ1) is 7.74. The van der Waals surface area contributed by atoms with E-state index in [0.29, 0.717) is 18.8 Å². The van der Waals surface area contributed by atoms with Crippen molar-refractivity contribution in [3.8, 4) is 0 Å². The van der Waals surface area contributed by atoms with Crippen LogP contribution < -0.4 is 5.32 Å². The van der Waals surface area contributed by atoms with Crippen molar-refractivity contribution in [3.63, 3.8) is 0 Å². The van der Waals surface area contributed by atoms with Crippen LogP contribution in [-0.2, 0) is 11.3 Å². The molecule has 16 heavy (non-hydrogen) atoms. The lowest BCUT2D eigenvalue weighted by Crippen LogP contribution is -2.39. The zero-order chi connectivity index (χ0) is 11.4. The summed E-state index contributed by atoms with van der Waals surface area (Å²) in [5.41, 5.74) is 2.28. The third kappa shape index (κ3) is 3.29. The molecule has 0 unspecified atom stereocenters. The van der Waals surface area contributed by atoms with Crippen LogP contribution in [0.5, 0.6) is 0 Å². The molecular weight excluding hydrogens is 200 g/mol. The molecule has 0 saturated carbocycles. The summed E-state index contributed by atoms with van der Waals surface area (Å²) < 4.78 is 5.93. The molecule has 1 N–H and O–H groups in total. The second kappa shape index (κ2) is 5.41. The molecule has 0 spiro atoms. The number of piperidine rings is 1. The average molecular weight is 220 g/mol. The zero-order valence-electron chi connectivity index (χ0n) is 10.1. The number of aromatic nitrogens is 1. The zero-order valence-corrected chi connectivity index (χ0v) is 10.1. The fourth-order valence-electron chi connectivity index (χ4n) is 2.15. The van der Waals surface area contributed by atoms with Crippen LogP contribution >= 0.6 is 0 Å². The lowest BCUT2D eigenvalue weighted by atomic mass is 10.0. The highest BCUT2D eigenvalue weighted by Crippen LogP contribution is 2.14. The van der Waals surface area contributed by atoms with Crippen molar-refractivity contribution in [3.05, 3.63) is 29.6 Å². The van der Waals surface area contributed by atoms with Gasteiger partial charge in [-0.25, -0.2) is 0 Å². The highest BCUT2D eigenvalue weighted by atomic mass is 16.5. The molecule has 1 fully saturated rings. The van der Waals surface area contributed by atoms with Gasteiger partial charge in [-0.1, -0.05) is 0 Å². The van der Waals surface area contributed by atoms with E-state index in [4.69, 9.17) is 4.74 Å². The maximum atomic E-state index is 5.93. The van der Waals surface area contributed by atoms with E-state index in [-0.39, 0.29) is 0 Å². The summed E-state index contributed by atoms with van der Waals surface area (Å²) >= 11 is 0. The Morgan fingerprint density at radius 1 is 1.56 bits per heavy atom. The van der Waals surface area contributed by atoms with Crippen LogP contribution in [0.25, 0.3) is 0 Å². The van der Waals surface area contributed by atoms with Gasteiger partial charge in [-0.2, -0.15) is 0 Å². The van der Waals surface area contributed by atoms with Crippen molar-refractivity contribution in [1.82, 2.24) is 10.3 Å². The van der Waals surface area contributed by atoms with Gasteiger partial charge in [-0.3, -0.25) is 4.98 Å². The smallest absolute Gasteiger partial charge is 0.0721 e. The molecule has 1 aromatic rings. The lowest BCUT2D eigenvalue weighted by Gasteiger charge is -2.28. The van der Waals surface area contributed by atoms with Gasteiger partial charge in [0.15, 0.2) is 0 Å². The van der Waals surface area contributed by atoms with Crippen molar-refractivity contribution in [1.29, 1.82) is 0 Å². The van der Waals surface area contributed by atoms with Gasteiger partial charge in [0.1, 0.15) is 0 Å². The fraction of sp³-hybridized carbons (Fsp3) is 0.615. The quantitative estimate of drug-likeness (QED) is 0.846. The number of hydrogen-bond acceptors (Lipinski definition) is 3. The Morgan fingerprint density at radius 3 is 3.19 bits per heavy atom. The summed E-state index contributed by atoms with van der Waals surface area (Å²) in [6.45, 7) is 6.00. The molecule has 88 valence electrons. The van der Waals surface area contributed by atoms with E-state index in [1.54, 1.807) is 0 Å². The molecular formula is C13H20N2O. The molecule has 0 aromatic carbocycles. The highest BCUT2D eigenvalue weighted by molar-refractivity contribution is 5.14. The number of ether oxygens (including phenoxy) is 1. The van der Waals surface area contributed by atoms with E-state index in [0.717, 1.165) is 25.1 Å². The molecule has 0 aliphatic carbocycles. The molecule has 1 saturated heterocycles. The fourth-order valence-corrected chi connectivity index (χ4v) is 2.15. The Morgan fingerprint density at radius 2 is 2.44 bits per heavy atom. The number of rotatable bonds is 3. The maximum absolute atomic E-state index is 5.93. The number of pyridine rings is 1. The second-order valence-corrected chi connectivity index (χ2v) is 4.62. The minimum Gasteiger partial charge on any atom is -0.373 e. The third-order valence-corrected chi connectivity index (χ3v) is 3.02. The van der Waals surface area contributed by atoms with Crippen LogP contribution in [0.15, 0.2) is 18.3 Å². The van der Waals surface area contributed by atoms with Gasteiger partial charge in [0, 0.05) is 17.9 Å².